The van der Waals surface area contributed by atoms with Gasteiger partial charge in [-0.05, 0) is 6.07 Å². The van der Waals surface area contributed by atoms with Crippen LogP contribution in [0.3, 0.4) is 0 Å². The summed E-state index contributed by atoms with van der Waals surface area (Å²) in [6, 6.07) is 0.230. The first-order valence-electron chi connectivity index (χ1n) is 4.15. The standard InChI is InChI=1S/C8H7F4NO3S/c1-17(14,15)16-4-7-6(9)2-5(3-13-7)8(10,11)12/h2-3H,4H2,1H3. The van der Waals surface area contributed by atoms with E-state index >= 15 is 0 Å². The molecule has 1 rings (SSSR count). The lowest BCUT2D eigenvalue weighted by molar-refractivity contribution is -0.138. The third-order valence-electron chi connectivity index (χ3n) is 1.65. The second kappa shape index (κ2) is 4.57. The maximum absolute atomic E-state index is 13.1. The van der Waals surface area contributed by atoms with Gasteiger partial charge in [-0.3, -0.25) is 9.17 Å². The van der Waals surface area contributed by atoms with Gasteiger partial charge in [0.05, 0.1) is 11.8 Å². The first-order chi connectivity index (χ1) is 7.59. The topological polar surface area (TPSA) is 56.3 Å². The van der Waals surface area contributed by atoms with Crippen molar-refractivity contribution in [3.05, 3.63) is 29.3 Å². The number of nitrogens with zero attached hydrogens (tertiary/aromatic N) is 1. The number of hydrogen-bond acceptors (Lipinski definition) is 4. The fourth-order valence-electron chi connectivity index (χ4n) is 0.890. The third kappa shape index (κ3) is 4.27. The predicted octanol–water partition coefficient (Wildman–Crippen LogP) is 1.72. The van der Waals surface area contributed by atoms with E-state index in [0.717, 1.165) is 6.26 Å². The molecule has 0 aromatic carbocycles. The van der Waals surface area contributed by atoms with Gasteiger partial charge in [-0.25, -0.2) is 4.39 Å². The fourth-order valence-corrected chi connectivity index (χ4v) is 1.22. The van der Waals surface area contributed by atoms with Gasteiger partial charge in [0.2, 0.25) is 0 Å². The highest BCUT2D eigenvalue weighted by molar-refractivity contribution is 7.85. The van der Waals surface area contributed by atoms with Crippen molar-refractivity contribution in [2.24, 2.45) is 0 Å². The number of aromatic nitrogens is 1. The van der Waals surface area contributed by atoms with Crippen LogP contribution in [0.25, 0.3) is 0 Å². The number of alkyl halides is 3. The molecular formula is C8H7F4NO3S. The lowest BCUT2D eigenvalue weighted by Gasteiger charge is -2.08. The van der Waals surface area contributed by atoms with Crippen LogP contribution in [-0.4, -0.2) is 19.7 Å². The van der Waals surface area contributed by atoms with Crippen LogP contribution in [-0.2, 0) is 27.1 Å². The fraction of sp³-hybridized carbons (Fsp3) is 0.375. The molecule has 96 valence electrons. The van der Waals surface area contributed by atoms with E-state index in [1.807, 2.05) is 0 Å². The van der Waals surface area contributed by atoms with Gasteiger partial charge in [-0.15, -0.1) is 0 Å². The summed E-state index contributed by atoms with van der Waals surface area (Å²) in [6.45, 7) is -0.747. The van der Waals surface area contributed by atoms with Gasteiger partial charge in [-0.2, -0.15) is 21.6 Å². The quantitative estimate of drug-likeness (QED) is 0.621. The average molecular weight is 273 g/mol. The minimum absolute atomic E-state index is 0.230. The first-order valence-corrected chi connectivity index (χ1v) is 5.97. The number of hydrogen-bond donors (Lipinski definition) is 0. The highest BCUT2D eigenvalue weighted by atomic mass is 32.2. The van der Waals surface area contributed by atoms with Crippen LogP contribution in [0.1, 0.15) is 11.3 Å². The van der Waals surface area contributed by atoms with E-state index in [1.165, 1.54) is 0 Å². The second-order valence-corrected chi connectivity index (χ2v) is 4.76. The van der Waals surface area contributed by atoms with Crippen LogP contribution in [0.2, 0.25) is 0 Å². The van der Waals surface area contributed by atoms with Gasteiger partial charge in [0, 0.05) is 6.20 Å². The predicted molar refractivity (Wildman–Crippen MR) is 48.8 cm³/mol. The number of halogens is 4. The highest BCUT2D eigenvalue weighted by Gasteiger charge is 2.31. The van der Waals surface area contributed by atoms with Gasteiger partial charge in [-0.1, -0.05) is 0 Å². The van der Waals surface area contributed by atoms with Crippen molar-refractivity contribution in [3.63, 3.8) is 0 Å². The Labute approximate surface area is 94.4 Å². The Kier molecular flexibility index (Phi) is 3.72. The molecular weight excluding hydrogens is 266 g/mol. The van der Waals surface area contributed by atoms with Crippen molar-refractivity contribution in [2.45, 2.75) is 12.8 Å². The molecule has 0 unspecified atom stereocenters. The highest BCUT2D eigenvalue weighted by Crippen LogP contribution is 2.29. The Morgan fingerprint density at radius 1 is 1.41 bits per heavy atom. The van der Waals surface area contributed by atoms with Crippen molar-refractivity contribution in [1.29, 1.82) is 0 Å². The van der Waals surface area contributed by atoms with E-state index < -0.39 is 40.0 Å². The lowest BCUT2D eigenvalue weighted by Crippen LogP contribution is -2.10. The Morgan fingerprint density at radius 2 is 2.00 bits per heavy atom. The molecule has 0 spiro atoms. The van der Waals surface area contributed by atoms with Crippen molar-refractivity contribution in [2.75, 3.05) is 6.26 Å². The Bertz CT molecular complexity index is 512. The summed E-state index contributed by atoms with van der Waals surface area (Å²) in [7, 11) is -3.81. The molecule has 0 bridgehead atoms. The molecule has 1 heterocycles. The Balaban J connectivity index is 2.91. The summed E-state index contributed by atoms with van der Waals surface area (Å²) in [5, 5.41) is 0. The van der Waals surface area contributed by atoms with Crippen LogP contribution in [0.15, 0.2) is 12.3 Å². The van der Waals surface area contributed by atoms with E-state index in [9.17, 15) is 26.0 Å². The zero-order valence-corrected chi connectivity index (χ0v) is 9.27. The molecule has 0 radical (unpaired) electrons. The molecule has 0 aliphatic rings. The van der Waals surface area contributed by atoms with Crippen molar-refractivity contribution in [3.8, 4) is 0 Å². The molecule has 17 heavy (non-hydrogen) atoms. The summed E-state index contributed by atoms with van der Waals surface area (Å²) < 4.78 is 74.9. The summed E-state index contributed by atoms with van der Waals surface area (Å²) in [4.78, 5) is 3.16. The molecule has 1 aromatic heterocycles. The van der Waals surface area contributed by atoms with Gasteiger partial charge in [0.1, 0.15) is 18.1 Å². The molecule has 0 fully saturated rings. The van der Waals surface area contributed by atoms with Gasteiger partial charge in [0.15, 0.2) is 0 Å². The van der Waals surface area contributed by atoms with E-state index in [2.05, 4.69) is 9.17 Å². The molecule has 0 N–H and O–H groups in total. The van der Waals surface area contributed by atoms with E-state index in [1.54, 1.807) is 0 Å². The minimum Gasteiger partial charge on any atom is -0.264 e. The molecule has 1 aromatic rings. The second-order valence-electron chi connectivity index (χ2n) is 3.12. The Hall–Kier alpha value is -1.22. The minimum atomic E-state index is -4.70. The van der Waals surface area contributed by atoms with Crippen LogP contribution in [0.5, 0.6) is 0 Å². The molecule has 9 heteroatoms. The maximum atomic E-state index is 13.1. The largest absolute Gasteiger partial charge is 0.417 e. The van der Waals surface area contributed by atoms with Gasteiger partial charge < -0.3 is 0 Å². The monoisotopic (exact) mass is 273 g/mol. The van der Waals surface area contributed by atoms with Crippen molar-refractivity contribution in [1.82, 2.24) is 4.98 Å². The van der Waals surface area contributed by atoms with Crippen molar-refractivity contribution >= 4 is 10.1 Å². The summed E-state index contributed by atoms with van der Waals surface area (Å²) >= 11 is 0. The molecule has 0 atom stereocenters. The Morgan fingerprint density at radius 3 is 2.41 bits per heavy atom. The third-order valence-corrected chi connectivity index (χ3v) is 2.20. The maximum Gasteiger partial charge on any atom is 0.417 e. The number of rotatable bonds is 3. The molecule has 0 saturated carbocycles. The molecule has 0 amide bonds. The normalized spacial score (nSPS) is 12.8. The van der Waals surface area contributed by atoms with E-state index in [-0.39, 0.29) is 6.07 Å². The summed E-state index contributed by atoms with van der Waals surface area (Å²) in [5.41, 5.74) is -1.76. The van der Waals surface area contributed by atoms with Gasteiger partial charge in [0.25, 0.3) is 10.1 Å². The first kappa shape index (κ1) is 13.8. The number of pyridine rings is 1. The molecule has 0 aliphatic heterocycles. The SMILES string of the molecule is CS(=O)(=O)OCc1ncc(C(F)(F)F)cc1F. The van der Waals surface area contributed by atoms with E-state index in [0.29, 0.717) is 6.20 Å². The smallest absolute Gasteiger partial charge is 0.264 e. The van der Waals surface area contributed by atoms with Crippen molar-refractivity contribution < 1.29 is 30.2 Å². The summed E-state index contributed by atoms with van der Waals surface area (Å²) in [6.07, 6.45) is -3.57. The average Bonchev–Trinajstić information content (AvgIpc) is 2.12. The summed E-state index contributed by atoms with van der Waals surface area (Å²) in [5.74, 6) is -1.27. The molecule has 0 aliphatic carbocycles. The van der Waals surface area contributed by atoms with Crippen LogP contribution >= 0.6 is 0 Å². The van der Waals surface area contributed by atoms with Gasteiger partial charge >= 0.3 is 6.18 Å². The lowest BCUT2D eigenvalue weighted by atomic mass is 10.2. The zero-order valence-electron chi connectivity index (χ0n) is 8.45. The zero-order chi connectivity index (χ0) is 13.3. The molecule has 0 saturated heterocycles. The van der Waals surface area contributed by atoms with Crippen LogP contribution in [0.4, 0.5) is 17.6 Å². The molecule has 4 nitrogen and oxygen atoms in total. The van der Waals surface area contributed by atoms with Crippen LogP contribution in [0, 0.1) is 5.82 Å². The van der Waals surface area contributed by atoms with Crippen LogP contribution < -0.4 is 0 Å². The van der Waals surface area contributed by atoms with E-state index in [4.69, 9.17) is 0 Å².